The monoisotopic (exact) mass is 458 g/mol. The molecule has 0 saturated heterocycles. The normalized spacial score (nSPS) is 17.4. The first-order chi connectivity index (χ1) is 16.3. The SMILES string of the molecule is CC(C)c1cc(-c2ccc3c(c2)[C@H](N)CO3)cc(C(O)CN2CCc3cccc(C(=O)O)c32)c1. The fourth-order valence-electron chi connectivity index (χ4n) is 4.99. The van der Waals surface area contributed by atoms with E-state index in [1.54, 1.807) is 12.1 Å². The number of rotatable bonds is 6. The summed E-state index contributed by atoms with van der Waals surface area (Å²) in [6, 6.07) is 17.6. The van der Waals surface area contributed by atoms with Crippen LogP contribution in [0.3, 0.4) is 0 Å². The molecular weight excluding hydrogens is 428 g/mol. The van der Waals surface area contributed by atoms with Crippen LogP contribution >= 0.6 is 0 Å². The zero-order valence-corrected chi connectivity index (χ0v) is 19.5. The van der Waals surface area contributed by atoms with Crippen molar-refractivity contribution in [1.82, 2.24) is 0 Å². The van der Waals surface area contributed by atoms with E-state index in [-0.39, 0.29) is 17.5 Å². The summed E-state index contributed by atoms with van der Waals surface area (Å²) in [4.78, 5) is 13.8. The van der Waals surface area contributed by atoms with E-state index in [0.29, 0.717) is 19.7 Å². The Balaban J connectivity index is 1.48. The standard InChI is InChI=1S/C28H30N2O4/c1-16(2)19-10-20(18-6-7-26-23(13-18)24(29)15-34-26)12-21(11-19)25(31)14-30-9-8-17-4-3-5-22(27(17)30)28(32)33/h3-7,10-13,16,24-25,31H,8-9,14-15,29H2,1-2H3,(H,32,33)/t24-,25?/m1/s1. The van der Waals surface area contributed by atoms with Gasteiger partial charge in [0.1, 0.15) is 12.4 Å². The van der Waals surface area contributed by atoms with Gasteiger partial charge in [0.2, 0.25) is 0 Å². The summed E-state index contributed by atoms with van der Waals surface area (Å²) in [6.07, 6.45) is 0.0167. The van der Waals surface area contributed by atoms with Crippen LogP contribution in [0.15, 0.2) is 54.6 Å². The summed E-state index contributed by atoms with van der Waals surface area (Å²) < 4.78 is 5.64. The summed E-state index contributed by atoms with van der Waals surface area (Å²) in [5.74, 6) is 0.177. The smallest absolute Gasteiger partial charge is 0.337 e. The minimum Gasteiger partial charge on any atom is -0.491 e. The number of carboxylic acid groups (broad SMARTS) is 1. The van der Waals surface area contributed by atoms with Crippen LogP contribution in [-0.4, -0.2) is 35.9 Å². The number of β-amino-alcohol motifs (C(OH)–C–C–N with tert-alkyl or cyclic N) is 1. The Hall–Kier alpha value is -3.35. The zero-order valence-electron chi connectivity index (χ0n) is 19.5. The van der Waals surface area contributed by atoms with Gasteiger partial charge in [0.15, 0.2) is 0 Å². The van der Waals surface area contributed by atoms with Crippen LogP contribution < -0.4 is 15.4 Å². The van der Waals surface area contributed by atoms with Gasteiger partial charge in [0.25, 0.3) is 0 Å². The summed E-state index contributed by atoms with van der Waals surface area (Å²) in [6.45, 7) is 5.79. The third-order valence-corrected chi connectivity index (χ3v) is 6.90. The van der Waals surface area contributed by atoms with Crippen LogP contribution in [0.1, 0.15) is 64.5 Å². The molecule has 2 heterocycles. The van der Waals surface area contributed by atoms with Gasteiger partial charge in [-0.15, -0.1) is 0 Å². The number of aliphatic hydroxyl groups is 1. The first-order valence-corrected chi connectivity index (χ1v) is 11.8. The van der Waals surface area contributed by atoms with E-state index in [2.05, 4.69) is 32.0 Å². The molecule has 0 aromatic heterocycles. The predicted octanol–water partition coefficient (Wildman–Crippen LogP) is 4.66. The largest absolute Gasteiger partial charge is 0.491 e. The van der Waals surface area contributed by atoms with E-state index in [9.17, 15) is 15.0 Å². The number of carbonyl (C=O) groups is 1. The second kappa shape index (κ2) is 8.78. The number of para-hydroxylation sites is 1. The molecule has 0 spiro atoms. The van der Waals surface area contributed by atoms with Crippen LogP contribution in [0.2, 0.25) is 0 Å². The molecule has 1 unspecified atom stereocenters. The number of fused-ring (bicyclic) bond motifs is 2. The Morgan fingerprint density at radius 2 is 1.91 bits per heavy atom. The summed E-state index contributed by atoms with van der Waals surface area (Å²) in [5, 5.41) is 20.9. The van der Waals surface area contributed by atoms with Crippen molar-refractivity contribution in [2.45, 2.75) is 38.3 Å². The van der Waals surface area contributed by atoms with Crippen molar-refractivity contribution in [3.63, 3.8) is 0 Å². The lowest BCUT2D eigenvalue weighted by Crippen LogP contribution is -2.28. The number of hydrogen-bond donors (Lipinski definition) is 3. The van der Waals surface area contributed by atoms with Crippen LogP contribution in [-0.2, 0) is 6.42 Å². The molecule has 3 aromatic carbocycles. The highest BCUT2D eigenvalue weighted by atomic mass is 16.5. The summed E-state index contributed by atoms with van der Waals surface area (Å²) in [7, 11) is 0. The summed E-state index contributed by atoms with van der Waals surface area (Å²) in [5.41, 5.74) is 13.3. The lowest BCUT2D eigenvalue weighted by atomic mass is 9.91. The van der Waals surface area contributed by atoms with Gasteiger partial charge in [-0.05, 0) is 64.4 Å². The molecule has 176 valence electrons. The minimum atomic E-state index is -0.943. The maximum atomic E-state index is 11.8. The molecule has 0 radical (unpaired) electrons. The Morgan fingerprint density at radius 1 is 1.12 bits per heavy atom. The highest BCUT2D eigenvalue weighted by Gasteiger charge is 2.27. The van der Waals surface area contributed by atoms with Crippen molar-refractivity contribution in [1.29, 1.82) is 0 Å². The van der Waals surface area contributed by atoms with Gasteiger partial charge in [0, 0.05) is 18.7 Å². The predicted molar refractivity (Wildman–Crippen MR) is 133 cm³/mol. The third kappa shape index (κ3) is 4.04. The Bertz CT molecular complexity index is 1250. The molecule has 6 heteroatoms. The lowest BCUT2D eigenvalue weighted by molar-refractivity contribution is 0.0697. The van der Waals surface area contributed by atoms with Crippen molar-refractivity contribution in [2.24, 2.45) is 5.73 Å². The topological polar surface area (TPSA) is 96.0 Å². The van der Waals surface area contributed by atoms with Crippen LogP contribution in [0.5, 0.6) is 5.75 Å². The maximum absolute atomic E-state index is 11.8. The number of anilines is 1. The van der Waals surface area contributed by atoms with E-state index in [0.717, 1.165) is 51.2 Å². The number of carboxylic acids is 1. The third-order valence-electron chi connectivity index (χ3n) is 6.90. The fourth-order valence-corrected chi connectivity index (χ4v) is 4.99. The fraction of sp³-hybridized carbons (Fsp3) is 0.321. The van der Waals surface area contributed by atoms with Crippen molar-refractivity contribution in [3.8, 4) is 16.9 Å². The highest BCUT2D eigenvalue weighted by Crippen LogP contribution is 2.37. The molecule has 3 aromatic rings. The summed E-state index contributed by atoms with van der Waals surface area (Å²) >= 11 is 0. The Morgan fingerprint density at radius 3 is 2.68 bits per heavy atom. The number of nitrogens with zero attached hydrogens (tertiary/aromatic N) is 1. The lowest BCUT2D eigenvalue weighted by Gasteiger charge is -2.25. The number of aliphatic hydroxyl groups excluding tert-OH is 1. The Labute approximate surface area is 199 Å². The highest BCUT2D eigenvalue weighted by molar-refractivity contribution is 5.96. The number of ether oxygens (including phenoxy) is 1. The van der Waals surface area contributed by atoms with Crippen molar-refractivity contribution >= 4 is 11.7 Å². The van der Waals surface area contributed by atoms with Gasteiger partial charge in [-0.25, -0.2) is 4.79 Å². The molecule has 2 aliphatic rings. The molecule has 0 amide bonds. The van der Waals surface area contributed by atoms with Gasteiger partial charge in [-0.1, -0.05) is 44.2 Å². The molecule has 0 saturated carbocycles. The number of aromatic carboxylic acids is 1. The van der Waals surface area contributed by atoms with Crippen LogP contribution in [0.4, 0.5) is 5.69 Å². The van der Waals surface area contributed by atoms with Gasteiger partial charge in [-0.2, -0.15) is 0 Å². The molecule has 6 nitrogen and oxygen atoms in total. The number of hydrogen-bond acceptors (Lipinski definition) is 5. The molecule has 0 fully saturated rings. The van der Waals surface area contributed by atoms with E-state index in [1.807, 2.05) is 29.2 Å². The average Bonchev–Trinajstić information content (AvgIpc) is 3.41. The second-order valence-corrected chi connectivity index (χ2v) is 9.54. The van der Waals surface area contributed by atoms with Crippen molar-refractivity contribution in [3.05, 3.63) is 82.4 Å². The first-order valence-electron chi connectivity index (χ1n) is 11.8. The van der Waals surface area contributed by atoms with E-state index in [1.165, 1.54) is 0 Å². The van der Waals surface area contributed by atoms with Gasteiger partial charge in [-0.3, -0.25) is 0 Å². The molecule has 34 heavy (non-hydrogen) atoms. The minimum absolute atomic E-state index is 0.132. The molecular formula is C28H30N2O4. The van der Waals surface area contributed by atoms with Crippen LogP contribution in [0.25, 0.3) is 11.1 Å². The molecule has 0 bridgehead atoms. The molecule has 0 aliphatic carbocycles. The number of benzene rings is 3. The maximum Gasteiger partial charge on any atom is 0.337 e. The van der Waals surface area contributed by atoms with E-state index in [4.69, 9.17) is 10.5 Å². The van der Waals surface area contributed by atoms with Gasteiger partial charge in [0.05, 0.1) is 23.4 Å². The Kier molecular flexibility index (Phi) is 5.80. The molecule has 4 N–H and O–H groups in total. The average molecular weight is 459 g/mol. The van der Waals surface area contributed by atoms with E-state index >= 15 is 0 Å². The molecule has 2 atom stereocenters. The molecule has 2 aliphatic heterocycles. The zero-order chi connectivity index (χ0) is 24.0. The molecule has 5 rings (SSSR count). The first kappa shape index (κ1) is 22.4. The number of nitrogens with two attached hydrogens (primary N) is 1. The second-order valence-electron chi connectivity index (χ2n) is 9.54. The van der Waals surface area contributed by atoms with Crippen molar-refractivity contribution < 1.29 is 19.7 Å². The quantitative estimate of drug-likeness (QED) is 0.497. The van der Waals surface area contributed by atoms with Crippen LogP contribution in [0, 0.1) is 0 Å². The van der Waals surface area contributed by atoms with Gasteiger partial charge < -0.3 is 25.6 Å². The van der Waals surface area contributed by atoms with Gasteiger partial charge >= 0.3 is 5.97 Å². The van der Waals surface area contributed by atoms with Crippen molar-refractivity contribution in [2.75, 3.05) is 24.6 Å². The van der Waals surface area contributed by atoms with E-state index < -0.39 is 12.1 Å².